The summed E-state index contributed by atoms with van der Waals surface area (Å²) in [6.45, 7) is 0.323. The SMILES string of the molecule is O=C1OCC(c2ccc(Br)s2)=C1c1ccc(Cl)cc1. The van der Waals surface area contributed by atoms with E-state index < -0.39 is 0 Å². The number of benzene rings is 1. The summed E-state index contributed by atoms with van der Waals surface area (Å²) in [5.41, 5.74) is 2.40. The Bertz CT molecular complexity index is 673. The number of thiophene rings is 1. The molecule has 2 nitrogen and oxygen atoms in total. The predicted molar refractivity (Wildman–Crippen MR) is 81.2 cm³/mol. The summed E-state index contributed by atoms with van der Waals surface area (Å²) in [6.07, 6.45) is 0. The molecule has 0 aliphatic carbocycles. The number of hydrogen-bond acceptors (Lipinski definition) is 3. The first-order valence-electron chi connectivity index (χ1n) is 5.57. The minimum Gasteiger partial charge on any atom is -0.457 e. The Hall–Kier alpha value is -1.10. The third-order valence-corrected chi connectivity index (χ3v) is 4.79. The lowest BCUT2D eigenvalue weighted by Gasteiger charge is -2.02. The quantitative estimate of drug-likeness (QED) is 0.734. The minimum atomic E-state index is -0.276. The molecule has 0 N–H and O–H groups in total. The van der Waals surface area contributed by atoms with E-state index in [1.54, 1.807) is 23.5 Å². The van der Waals surface area contributed by atoms with Crippen molar-refractivity contribution in [2.45, 2.75) is 0 Å². The van der Waals surface area contributed by atoms with E-state index in [9.17, 15) is 4.79 Å². The van der Waals surface area contributed by atoms with Gasteiger partial charge in [-0.15, -0.1) is 11.3 Å². The van der Waals surface area contributed by atoms with Gasteiger partial charge < -0.3 is 4.74 Å². The van der Waals surface area contributed by atoms with Crippen LogP contribution < -0.4 is 0 Å². The Kier molecular flexibility index (Phi) is 3.48. The Balaban J connectivity index is 2.13. The van der Waals surface area contributed by atoms with Gasteiger partial charge in [-0.1, -0.05) is 23.7 Å². The summed E-state index contributed by atoms with van der Waals surface area (Å²) >= 11 is 10.9. The molecule has 0 bridgehead atoms. The van der Waals surface area contributed by atoms with Gasteiger partial charge in [-0.2, -0.15) is 0 Å². The van der Waals surface area contributed by atoms with E-state index in [1.807, 2.05) is 24.3 Å². The fourth-order valence-electron chi connectivity index (χ4n) is 1.98. The zero-order chi connectivity index (χ0) is 13.4. The van der Waals surface area contributed by atoms with Crippen molar-refractivity contribution in [1.29, 1.82) is 0 Å². The molecule has 19 heavy (non-hydrogen) atoms. The molecule has 3 rings (SSSR count). The van der Waals surface area contributed by atoms with Gasteiger partial charge in [-0.3, -0.25) is 0 Å². The van der Waals surface area contributed by atoms with Crippen molar-refractivity contribution >= 4 is 56.0 Å². The van der Waals surface area contributed by atoms with E-state index >= 15 is 0 Å². The van der Waals surface area contributed by atoms with Crippen molar-refractivity contribution in [3.63, 3.8) is 0 Å². The second kappa shape index (κ2) is 5.12. The van der Waals surface area contributed by atoms with Crippen molar-refractivity contribution in [2.24, 2.45) is 0 Å². The number of halogens is 2. The Morgan fingerprint density at radius 3 is 2.53 bits per heavy atom. The molecular formula is C14H8BrClO2S. The van der Waals surface area contributed by atoms with Crippen molar-refractivity contribution in [1.82, 2.24) is 0 Å². The van der Waals surface area contributed by atoms with Crippen molar-refractivity contribution in [2.75, 3.05) is 6.61 Å². The monoisotopic (exact) mass is 354 g/mol. The molecule has 0 amide bonds. The van der Waals surface area contributed by atoms with Crippen LogP contribution in [0, 0.1) is 0 Å². The van der Waals surface area contributed by atoms with Crippen LogP contribution in [0.3, 0.4) is 0 Å². The summed E-state index contributed by atoms with van der Waals surface area (Å²) in [5.74, 6) is -0.276. The predicted octanol–water partition coefficient (Wildman–Crippen LogP) is 4.63. The third kappa shape index (κ3) is 2.48. The molecule has 1 aromatic carbocycles. The summed E-state index contributed by atoms with van der Waals surface area (Å²) in [6, 6.07) is 11.2. The molecule has 0 saturated carbocycles. The summed E-state index contributed by atoms with van der Waals surface area (Å²) in [4.78, 5) is 13.0. The standard InChI is InChI=1S/C14H8BrClO2S/c15-12-6-5-11(19-12)10-7-18-14(17)13(10)8-1-3-9(16)4-2-8/h1-6H,7H2. The molecule has 0 atom stereocenters. The first-order chi connectivity index (χ1) is 9.15. The summed E-state index contributed by atoms with van der Waals surface area (Å²) in [5, 5.41) is 0.649. The molecule has 0 fully saturated rings. The van der Waals surface area contributed by atoms with Crippen LogP contribution in [0.5, 0.6) is 0 Å². The zero-order valence-electron chi connectivity index (χ0n) is 9.65. The normalized spacial score (nSPS) is 14.9. The number of esters is 1. The molecule has 96 valence electrons. The minimum absolute atomic E-state index is 0.276. The number of cyclic esters (lactones) is 1. The lowest BCUT2D eigenvalue weighted by atomic mass is 10.0. The lowest BCUT2D eigenvalue weighted by molar-refractivity contribution is -0.133. The van der Waals surface area contributed by atoms with Crippen LogP contribution in [0.2, 0.25) is 5.02 Å². The smallest absolute Gasteiger partial charge is 0.339 e. The van der Waals surface area contributed by atoms with E-state index in [-0.39, 0.29) is 5.97 Å². The number of carbonyl (C=O) groups is 1. The van der Waals surface area contributed by atoms with E-state index in [4.69, 9.17) is 16.3 Å². The number of carbonyl (C=O) groups excluding carboxylic acids is 1. The summed E-state index contributed by atoms with van der Waals surface area (Å²) in [7, 11) is 0. The number of ether oxygens (including phenoxy) is 1. The average Bonchev–Trinajstić information content (AvgIpc) is 2.97. The second-order valence-corrected chi connectivity index (χ2v) is 6.94. The third-order valence-electron chi connectivity index (χ3n) is 2.86. The Labute approximate surface area is 127 Å². The van der Waals surface area contributed by atoms with Gasteiger partial charge in [0.2, 0.25) is 0 Å². The van der Waals surface area contributed by atoms with Crippen LogP contribution in [0.25, 0.3) is 11.1 Å². The highest BCUT2D eigenvalue weighted by Crippen LogP contribution is 2.37. The fourth-order valence-corrected chi connectivity index (χ4v) is 3.53. The molecule has 1 aliphatic rings. The van der Waals surface area contributed by atoms with Gasteiger partial charge in [-0.05, 0) is 45.8 Å². The molecule has 2 heterocycles. The average molecular weight is 356 g/mol. The Morgan fingerprint density at radius 2 is 1.89 bits per heavy atom. The highest BCUT2D eigenvalue weighted by Gasteiger charge is 2.27. The molecule has 0 unspecified atom stereocenters. The molecule has 5 heteroatoms. The molecule has 0 radical (unpaired) electrons. The van der Waals surface area contributed by atoms with Gasteiger partial charge in [0.05, 0.1) is 9.36 Å². The van der Waals surface area contributed by atoms with Crippen molar-refractivity contribution < 1.29 is 9.53 Å². The van der Waals surface area contributed by atoms with E-state index in [0.29, 0.717) is 17.2 Å². The van der Waals surface area contributed by atoms with E-state index in [1.165, 1.54) is 0 Å². The number of rotatable bonds is 2. The van der Waals surface area contributed by atoms with Gasteiger partial charge in [0.15, 0.2) is 0 Å². The first kappa shape index (κ1) is 12.9. The van der Waals surface area contributed by atoms with Crippen LogP contribution in [-0.2, 0) is 9.53 Å². The first-order valence-corrected chi connectivity index (χ1v) is 7.56. The summed E-state index contributed by atoms with van der Waals surface area (Å²) < 4.78 is 6.20. The van der Waals surface area contributed by atoms with Crippen molar-refractivity contribution in [3.8, 4) is 0 Å². The molecular weight excluding hydrogens is 348 g/mol. The fraction of sp³-hybridized carbons (Fsp3) is 0.0714. The molecule has 1 aromatic heterocycles. The second-order valence-electron chi connectivity index (χ2n) is 4.04. The maximum absolute atomic E-state index is 11.9. The zero-order valence-corrected chi connectivity index (χ0v) is 12.8. The van der Waals surface area contributed by atoms with Gasteiger partial charge >= 0.3 is 5.97 Å². The van der Waals surface area contributed by atoms with Gasteiger partial charge in [-0.25, -0.2) is 4.79 Å². The van der Waals surface area contributed by atoms with E-state index in [0.717, 1.165) is 19.8 Å². The lowest BCUT2D eigenvalue weighted by Crippen LogP contribution is -1.98. The molecule has 0 spiro atoms. The highest BCUT2D eigenvalue weighted by atomic mass is 79.9. The maximum Gasteiger partial charge on any atom is 0.339 e. The van der Waals surface area contributed by atoms with Crippen molar-refractivity contribution in [3.05, 3.63) is 55.6 Å². The van der Waals surface area contributed by atoms with Gasteiger partial charge in [0.1, 0.15) is 6.61 Å². The molecule has 0 saturated heterocycles. The molecule has 2 aromatic rings. The van der Waals surface area contributed by atoms with Crippen LogP contribution in [-0.4, -0.2) is 12.6 Å². The van der Waals surface area contributed by atoms with Crippen LogP contribution in [0.1, 0.15) is 10.4 Å². The number of hydrogen-bond donors (Lipinski definition) is 0. The van der Waals surface area contributed by atoms with Crippen LogP contribution in [0.4, 0.5) is 0 Å². The highest BCUT2D eigenvalue weighted by molar-refractivity contribution is 9.11. The van der Waals surface area contributed by atoms with Gasteiger partial charge in [0, 0.05) is 15.5 Å². The maximum atomic E-state index is 11.9. The molecule has 1 aliphatic heterocycles. The van der Waals surface area contributed by atoms with E-state index in [2.05, 4.69) is 15.9 Å². The Morgan fingerprint density at radius 1 is 1.16 bits per heavy atom. The van der Waals surface area contributed by atoms with Gasteiger partial charge in [0.25, 0.3) is 0 Å². The topological polar surface area (TPSA) is 26.3 Å². The van der Waals surface area contributed by atoms with Crippen LogP contribution in [0.15, 0.2) is 40.2 Å². The van der Waals surface area contributed by atoms with Crippen LogP contribution >= 0.6 is 38.9 Å². The largest absolute Gasteiger partial charge is 0.457 e.